The van der Waals surface area contributed by atoms with Crippen LogP contribution in [0.4, 0.5) is 11.4 Å². The number of anilines is 2. The zero-order valence-corrected chi connectivity index (χ0v) is 23.2. The highest BCUT2D eigenvalue weighted by Gasteiger charge is 2.36. The zero-order chi connectivity index (χ0) is 25.5. The molecule has 0 fully saturated rings. The molecule has 2 N–H and O–H groups in total. The third-order valence-electron chi connectivity index (χ3n) is 6.35. The highest BCUT2D eigenvalue weighted by Crippen LogP contribution is 2.47. The van der Waals surface area contributed by atoms with Crippen LogP contribution < -0.4 is 15.4 Å². The molecule has 1 aliphatic rings. The number of rotatable bonds is 14. The van der Waals surface area contributed by atoms with Crippen molar-refractivity contribution in [1.29, 1.82) is 0 Å². The minimum absolute atomic E-state index is 0.0397. The fraction of sp³-hybridized carbons (Fsp3) is 0.760. The fourth-order valence-electron chi connectivity index (χ4n) is 4.94. The molecule has 0 aromatic heterocycles. The summed E-state index contributed by atoms with van der Waals surface area (Å²) in [6.45, 7) is 17.4. The molecule has 0 spiro atoms. The Hall–Kier alpha value is -1.47. The Morgan fingerprint density at radius 3 is 2.41 bits per heavy atom. The van der Waals surface area contributed by atoms with E-state index in [1.165, 1.54) is 11.3 Å². The second-order valence-corrected chi connectivity index (χ2v) is 11.7. The number of ether oxygens (including phenoxy) is 1. The monoisotopic (exact) mass is 496 g/mol. The van der Waals surface area contributed by atoms with Gasteiger partial charge in [0.1, 0.15) is 12.3 Å². The van der Waals surface area contributed by atoms with E-state index in [2.05, 4.69) is 75.3 Å². The van der Waals surface area contributed by atoms with Gasteiger partial charge in [-0.05, 0) is 78.4 Å². The van der Waals surface area contributed by atoms with Gasteiger partial charge in [-0.25, -0.2) is 4.67 Å². The van der Waals surface area contributed by atoms with E-state index in [4.69, 9.17) is 19.5 Å². The minimum Gasteiger partial charge on any atom is -0.495 e. The van der Waals surface area contributed by atoms with Gasteiger partial charge in [-0.15, -0.1) is 0 Å². The number of nitroso groups, excluding NO2 is 1. The van der Waals surface area contributed by atoms with Crippen molar-refractivity contribution in [3.63, 3.8) is 0 Å². The van der Waals surface area contributed by atoms with Crippen LogP contribution in [-0.4, -0.2) is 55.7 Å². The maximum Gasteiger partial charge on any atom is 0.259 e. The van der Waals surface area contributed by atoms with Crippen LogP contribution in [0.2, 0.25) is 0 Å². The van der Waals surface area contributed by atoms with Gasteiger partial charge in [-0.3, -0.25) is 0 Å². The first-order valence-electron chi connectivity index (χ1n) is 12.4. The van der Waals surface area contributed by atoms with Crippen molar-refractivity contribution in [2.75, 3.05) is 44.0 Å². The average Bonchev–Trinajstić information content (AvgIpc) is 2.74. The SMILES string of the molecule is COc1cc2c(cc1N)C(C)CC(C)(C)N2CCCCOP(OCCN=O)N(C(C)C)C(C)C. The van der Waals surface area contributed by atoms with Gasteiger partial charge in [0.2, 0.25) is 0 Å². The van der Waals surface area contributed by atoms with Gasteiger partial charge in [-0.1, -0.05) is 12.1 Å². The van der Waals surface area contributed by atoms with Gasteiger partial charge in [0, 0.05) is 35.9 Å². The molecule has 194 valence electrons. The third-order valence-corrected chi connectivity index (χ3v) is 8.45. The summed E-state index contributed by atoms with van der Waals surface area (Å²) in [5, 5.41) is 2.91. The van der Waals surface area contributed by atoms with Gasteiger partial charge in [0.15, 0.2) is 0 Å². The van der Waals surface area contributed by atoms with Gasteiger partial charge in [0.05, 0.1) is 26.0 Å². The molecule has 34 heavy (non-hydrogen) atoms. The third kappa shape index (κ3) is 7.27. The second kappa shape index (κ2) is 13.0. The smallest absolute Gasteiger partial charge is 0.259 e. The van der Waals surface area contributed by atoms with Crippen molar-refractivity contribution in [2.45, 2.75) is 91.3 Å². The summed E-state index contributed by atoms with van der Waals surface area (Å²) in [6, 6.07) is 4.74. The maximum absolute atomic E-state index is 10.5. The second-order valence-electron chi connectivity index (χ2n) is 10.3. The van der Waals surface area contributed by atoms with Crippen molar-refractivity contribution in [1.82, 2.24) is 4.67 Å². The Morgan fingerprint density at radius 1 is 1.18 bits per heavy atom. The van der Waals surface area contributed by atoms with E-state index in [1.54, 1.807) is 7.11 Å². The maximum atomic E-state index is 10.5. The molecule has 0 saturated carbocycles. The van der Waals surface area contributed by atoms with Crippen molar-refractivity contribution in [2.24, 2.45) is 5.18 Å². The van der Waals surface area contributed by atoms with Gasteiger partial charge < -0.3 is 24.4 Å². The Balaban J connectivity index is 2.03. The molecular weight excluding hydrogens is 451 g/mol. The molecule has 0 aliphatic carbocycles. The molecule has 0 bridgehead atoms. The van der Waals surface area contributed by atoms with Crippen LogP contribution in [0.5, 0.6) is 5.75 Å². The molecule has 8 nitrogen and oxygen atoms in total. The molecule has 2 atom stereocenters. The Labute approximate surface area is 207 Å². The number of unbranched alkanes of at least 4 members (excludes halogenated alkanes) is 1. The van der Waals surface area contributed by atoms with Crippen molar-refractivity contribution in [3.8, 4) is 5.75 Å². The van der Waals surface area contributed by atoms with E-state index in [0.717, 1.165) is 31.6 Å². The van der Waals surface area contributed by atoms with E-state index in [1.807, 2.05) is 0 Å². The largest absolute Gasteiger partial charge is 0.495 e. The number of hydrogen-bond donors (Lipinski definition) is 1. The normalized spacial score (nSPS) is 18.4. The Kier molecular flexibility index (Phi) is 11.0. The summed E-state index contributed by atoms with van der Waals surface area (Å²) < 4.78 is 19.9. The lowest BCUT2D eigenvalue weighted by molar-refractivity contribution is 0.175. The first-order valence-corrected chi connectivity index (χ1v) is 13.5. The molecule has 1 aromatic carbocycles. The Morgan fingerprint density at radius 2 is 1.82 bits per heavy atom. The Bertz CT molecular complexity index is 782. The van der Waals surface area contributed by atoms with Crippen LogP contribution in [0.15, 0.2) is 17.3 Å². The van der Waals surface area contributed by atoms with Crippen LogP contribution in [0, 0.1) is 4.91 Å². The molecule has 0 amide bonds. The van der Waals surface area contributed by atoms with Crippen molar-refractivity contribution in [3.05, 3.63) is 22.6 Å². The number of nitrogens with two attached hydrogens (primary N) is 1. The fourth-order valence-corrected chi connectivity index (χ4v) is 6.56. The lowest BCUT2D eigenvalue weighted by Crippen LogP contribution is -2.48. The van der Waals surface area contributed by atoms with Crippen LogP contribution in [0.25, 0.3) is 0 Å². The molecule has 1 aliphatic heterocycles. The minimum atomic E-state index is -1.23. The van der Waals surface area contributed by atoms with Gasteiger partial charge in [-0.2, -0.15) is 4.91 Å². The predicted molar refractivity (Wildman–Crippen MR) is 143 cm³/mol. The number of methoxy groups -OCH3 is 1. The standard InChI is InChI=1S/C25H45N4O4P/c1-18(2)29(19(3)4)34(33-14-11-27-30)32-13-10-9-12-28-23-16-24(31-8)22(26)15-21(23)20(5)17-25(28,6)7/h15-16,18-20H,9-14,17,26H2,1-8H3. The molecule has 9 heteroatoms. The number of nitrogen functional groups attached to an aromatic ring is 1. The molecule has 1 aromatic rings. The van der Waals surface area contributed by atoms with E-state index >= 15 is 0 Å². The van der Waals surface area contributed by atoms with E-state index < -0.39 is 8.53 Å². The van der Waals surface area contributed by atoms with E-state index in [0.29, 0.717) is 18.2 Å². The van der Waals surface area contributed by atoms with Gasteiger partial charge in [0.25, 0.3) is 8.53 Å². The molecule has 1 heterocycles. The van der Waals surface area contributed by atoms with Gasteiger partial charge >= 0.3 is 0 Å². The summed E-state index contributed by atoms with van der Waals surface area (Å²) in [5.41, 5.74) is 9.45. The highest BCUT2D eigenvalue weighted by atomic mass is 31.2. The first kappa shape index (κ1) is 28.8. The van der Waals surface area contributed by atoms with Crippen LogP contribution >= 0.6 is 8.53 Å². The summed E-state index contributed by atoms with van der Waals surface area (Å²) in [5.74, 6) is 1.17. The molecule has 0 radical (unpaired) electrons. The van der Waals surface area contributed by atoms with Crippen LogP contribution in [-0.2, 0) is 9.05 Å². The number of fused-ring (bicyclic) bond motifs is 1. The zero-order valence-electron chi connectivity index (χ0n) is 22.3. The van der Waals surface area contributed by atoms with Crippen LogP contribution in [0.1, 0.15) is 79.2 Å². The molecule has 0 saturated heterocycles. The number of nitrogens with zero attached hydrogens (tertiary/aromatic N) is 3. The lowest BCUT2D eigenvalue weighted by atomic mass is 9.79. The average molecular weight is 497 g/mol. The summed E-state index contributed by atoms with van der Waals surface area (Å²) in [7, 11) is 0.434. The lowest BCUT2D eigenvalue weighted by Gasteiger charge is -2.48. The van der Waals surface area contributed by atoms with E-state index in [-0.39, 0.29) is 30.8 Å². The van der Waals surface area contributed by atoms with Crippen molar-refractivity contribution >= 4 is 19.9 Å². The molecular formula is C25H45N4O4P. The summed E-state index contributed by atoms with van der Waals surface area (Å²) >= 11 is 0. The molecule has 2 rings (SSSR count). The summed E-state index contributed by atoms with van der Waals surface area (Å²) in [4.78, 5) is 13.0. The van der Waals surface area contributed by atoms with E-state index in [9.17, 15) is 4.91 Å². The summed E-state index contributed by atoms with van der Waals surface area (Å²) in [6.07, 6.45) is 2.98. The quantitative estimate of drug-likeness (QED) is 0.140. The predicted octanol–water partition coefficient (Wildman–Crippen LogP) is 6.30. The number of benzene rings is 1. The molecule has 2 unspecified atom stereocenters. The first-order chi connectivity index (χ1) is 16.0. The van der Waals surface area contributed by atoms with Crippen molar-refractivity contribution < 1.29 is 13.8 Å². The number of hydrogen-bond acceptors (Lipinski definition) is 8. The highest BCUT2D eigenvalue weighted by molar-refractivity contribution is 7.44. The van der Waals surface area contributed by atoms with Crippen LogP contribution in [0.3, 0.4) is 0 Å². The topological polar surface area (TPSA) is 89.6 Å².